The van der Waals surface area contributed by atoms with E-state index in [1.165, 1.54) is 6.07 Å². The van der Waals surface area contributed by atoms with Gasteiger partial charge >= 0.3 is 0 Å². The van der Waals surface area contributed by atoms with Crippen LogP contribution in [0.2, 0.25) is 0 Å². The van der Waals surface area contributed by atoms with E-state index in [-0.39, 0.29) is 12.3 Å². The molecule has 0 spiro atoms. The molecule has 4 heteroatoms. The smallest absolute Gasteiger partial charge is 0.165 e. The number of hydrogen-bond acceptors (Lipinski definition) is 3. The molecule has 2 aromatic rings. The molecule has 0 amide bonds. The highest BCUT2D eigenvalue weighted by Gasteiger charge is 2.14. The molecule has 88 valence electrons. The van der Waals surface area contributed by atoms with Crippen molar-refractivity contribution in [3.63, 3.8) is 0 Å². The van der Waals surface area contributed by atoms with E-state index in [1.54, 1.807) is 36.5 Å². The van der Waals surface area contributed by atoms with Gasteiger partial charge in [-0.3, -0.25) is 4.98 Å². The minimum atomic E-state index is -0.437. The number of halogens is 1. The molecule has 1 heterocycles. The first-order chi connectivity index (χ1) is 8.31. The predicted molar refractivity (Wildman–Crippen MR) is 63.1 cm³/mol. The molecule has 0 aliphatic heterocycles. The van der Waals surface area contributed by atoms with Crippen molar-refractivity contribution in [3.8, 4) is 5.75 Å². The van der Waals surface area contributed by atoms with Crippen molar-refractivity contribution in [2.24, 2.45) is 5.73 Å². The molecule has 3 nitrogen and oxygen atoms in total. The zero-order chi connectivity index (χ0) is 12.1. The van der Waals surface area contributed by atoms with Crippen molar-refractivity contribution >= 4 is 0 Å². The summed E-state index contributed by atoms with van der Waals surface area (Å²) < 4.78 is 18.9. The number of nitrogens with two attached hydrogens (primary N) is 1. The number of para-hydroxylation sites is 1. The monoisotopic (exact) mass is 232 g/mol. The highest BCUT2D eigenvalue weighted by molar-refractivity contribution is 5.24. The van der Waals surface area contributed by atoms with Crippen LogP contribution in [0.1, 0.15) is 11.8 Å². The van der Waals surface area contributed by atoms with Crippen LogP contribution in [0.3, 0.4) is 0 Å². The first-order valence-electron chi connectivity index (χ1n) is 5.33. The van der Waals surface area contributed by atoms with Gasteiger partial charge in [0.2, 0.25) is 0 Å². The Labute approximate surface area is 99.1 Å². The van der Waals surface area contributed by atoms with Crippen LogP contribution in [-0.2, 0) is 0 Å². The maximum Gasteiger partial charge on any atom is 0.165 e. The Morgan fingerprint density at radius 3 is 2.59 bits per heavy atom. The number of nitrogens with zero attached hydrogens (tertiary/aromatic N) is 1. The van der Waals surface area contributed by atoms with Gasteiger partial charge in [-0.05, 0) is 24.3 Å². The lowest BCUT2D eigenvalue weighted by molar-refractivity contribution is 0.200. The van der Waals surface area contributed by atoms with Crippen LogP contribution in [0.5, 0.6) is 5.75 Å². The number of pyridine rings is 1. The Morgan fingerprint density at radius 1 is 1.18 bits per heavy atom. The normalized spacial score (nSPS) is 12.1. The largest absolute Gasteiger partial charge is 0.480 e. The zero-order valence-electron chi connectivity index (χ0n) is 9.21. The molecule has 0 aliphatic carbocycles. The maximum atomic E-state index is 13.4. The number of aromatic nitrogens is 1. The van der Waals surface area contributed by atoms with Gasteiger partial charge in [0, 0.05) is 12.7 Å². The van der Waals surface area contributed by atoms with Gasteiger partial charge in [0.05, 0.1) is 5.69 Å². The Balaban J connectivity index is 2.19. The molecule has 0 aliphatic rings. The second kappa shape index (κ2) is 5.41. The minimum absolute atomic E-state index is 0.189. The van der Waals surface area contributed by atoms with Gasteiger partial charge in [0.15, 0.2) is 17.7 Å². The molecule has 17 heavy (non-hydrogen) atoms. The summed E-state index contributed by atoms with van der Waals surface area (Å²) in [5.74, 6) is -0.213. The fourth-order valence-corrected chi connectivity index (χ4v) is 1.49. The molecule has 1 aromatic carbocycles. The summed E-state index contributed by atoms with van der Waals surface area (Å²) in [6.45, 7) is 0.241. The second-order valence-electron chi connectivity index (χ2n) is 3.53. The van der Waals surface area contributed by atoms with Gasteiger partial charge in [-0.25, -0.2) is 4.39 Å². The van der Waals surface area contributed by atoms with Crippen LogP contribution < -0.4 is 10.5 Å². The highest BCUT2D eigenvalue weighted by Crippen LogP contribution is 2.22. The molecule has 0 saturated carbocycles. The van der Waals surface area contributed by atoms with Gasteiger partial charge < -0.3 is 10.5 Å². The van der Waals surface area contributed by atoms with Crippen LogP contribution >= 0.6 is 0 Å². The van der Waals surface area contributed by atoms with Gasteiger partial charge in [-0.2, -0.15) is 0 Å². The molecule has 2 N–H and O–H groups in total. The molecular formula is C13H13FN2O. The molecule has 1 atom stereocenters. The number of ether oxygens (including phenoxy) is 1. The SMILES string of the molecule is NCC(Oc1ccccc1F)c1ccccn1. The third-order valence-corrected chi connectivity index (χ3v) is 2.34. The van der Waals surface area contributed by atoms with Crippen molar-refractivity contribution in [2.45, 2.75) is 6.10 Å². The summed E-state index contributed by atoms with van der Waals surface area (Å²) in [5.41, 5.74) is 6.31. The van der Waals surface area contributed by atoms with Gasteiger partial charge in [-0.1, -0.05) is 18.2 Å². The van der Waals surface area contributed by atoms with Crippen molar-refractivity contribution in [2.75, 3.05) is 6.54 Å². The van der Waals surface area contributed by atoms with Crippen molar-refractivity contribution in [1.82, 2.24) is 4.98 Å². The first-order valence-corrected chi connectivity index (χ1v) is 5.33. The third-order valence-electron chi connectivity index (χ3n) is 2.34. The van der Waals surface area contributed by atoms with Crippen molar-refractivity contribution in [1.29, 1.82) is 0 Å². The molecule has 0 fully saturated rings. The summed E-state index contributed by atoms with van der Waals surface area (Å²) >= 11 is 0. The quantitative estimate of drug-likeness (QED) is 0.879. The Bertz CT molecular complexity index is 476. The summed E-state index contributed by atoms with van der Waals surface area (Å²) in [6, 6.07) is 11.7. The maximum absolute atomic E-state index is 13.4. The lowest BCUT2D eigenvalue weighted by Gasteiger charge is -2.17. The molecule has 2 rings (SSSR count). The molecule has 1 unspecified atom stereocenters. The summed E-state index contributed by atoms with van der Waals surface area (Å²) in [6.07, 6.45) is 1.22. The number of rotatable bonds is 4. The van der Waals surface area contributed by atoms with E-state index in [4.69, 9.17) is 10.5 Å². The van der Waals surface area contributed by atoms with Crippen LogP contribution in [0.15, 0.2) is 48.7 Å². The van der Waals surface area contributed by atoms with Crippen LogP contribution in [0.4, 0.5) is 4.39 Å². The van der Waals surface area contributed by atoms with E-state index in [1.807, 2.05) is 6.07 Å². The topological polar surface area (TPSA) is 48.1 Å². The fourth-order valence-electron chi connectivity index (χ4n) is 1.49. The van der Waals surface area contributed by atoms with E-state index in [9.17, 15) is 4.39 Å². The Kier molecular flexibility index (Phi) is 3.67. The van der Waals surface area contributed by atoms with E-state index < -0.39 is 11.9 Å². The average molecular weight is 232 g/mol. The number of benzene rings is 1. The predicted octanol–water partition coefficient (Wildman–Crippen LogP) is 2.30. The minimum Gasteiger partial charge on any atom is -0.480 e. The fraction of sp³-hybridized carbons (Fsp3) is 0.154. The van der Waals surface area contributed by atoms with Gasteiger partial charge in [0.25, 0.3) is 0 Å². The molecule has 1 aromatic heterocycles. The van der Waals surface area contributed by atoms with Crippen molar-refractivity contribution in [3.05, 3.63) is 60.2 Å². The summed E-state index contributed by atoms with van der Waals surface area (Å²) in [5, 5.41) is 0. The first kappa shape index (κ1) is 11.5. The molecular weight excluding hydrogens is 219 g/mol. The Hall–Kier alpha value is -1.94. The standard InChI is InChI=1S/C13H13FN2O/c14-10-5-1-2-7-12(10)17-13(9-15)11-6-3-4-8-16-11/h1-8,13H,9,15H2. The van der Waals surface area contributed by atoms with Gasteiger partial charge in [-0.15, -0.1) is 0 Å². The van der Waals surface area contributed by atoms with Crippen LogP contribution in [0, 0.1) is 5.82 Å². The van der Waals surface area contributed by atoms with E-state index in [2.05, 4.69) is 4.98 Å². The highest BCUT2D eigenvalue weighted by atomic mass is 19.1. The Morgan fingerprint density at radius 2 is 1.94 bits per heavy atom. The van der Waals surface area contributed by atoms with E-state index in [0.29, 0.717) is 5.69 Å². The zero-order valence-corrected chi connectivity index (χ0v) is 9.21. The summed E-state index contributed by atoms with van der Waals surface area (Å²) in [4.78, 5) is 4.15. The molecule has 0 radical (unpaired) electrons. The molecule has 0 bridgehead atoms. The van der Waals surface area contributed by atoms with Gasteiger partial charge in [0.1, 0.15) is 0 Å². The van der Waals surface area contributed by atoms with Crippen molar-refractivity contribution < 1.29 is 9.13 Å². The average Bonchev–Trinajstić information content (AvgIpc) is 2.39. The van der Waals surface area contributed by atoms with E-state index in [0.717, 1.165) is 0 Å². The second-order valence-corrected chi connectivity index (χ2v) is 3.53. The molecule has 0 saturated heterocycles. The van der Waals surface area contributed by atoms with Crippen LogP contribution in [-0.4, -0.2) is 11.5 Å². The third kappa shape index (κ3) is 2.79. The van der Waals surface area contributed by atoms with Crippen LogP contribution in [0.25, 0.3) is 0 Å². The lowest BCUT2D eigenvalue weighted by atomic mass is 10.2. The van der Waals surface area contributed by atoms with E-state index >= 15 is 0 Å². The lowest BCUT2D eigenvalue weighted by Crippen LogP contribution is -2.19. The summed E-state index contributed by atoms with van der Waals surface area (Å²) in [7, 11) is 0. The number of hydrogen-bond donors (Lipinski definition) is 1.